The van der Waals surface area contributed by atoms with Crippen LogP contribution >= 0.6 is 0 Å². The molecule has 1 aliphatic heterocycles. The van der Waals surface area contributed by atoms with Crippen LogP contribution in [0, 0.1) is 0 Å². The number of anilines is 2. The molecule has 1 N–H and O–H groups in total. The standard InChI is InChI=1S/C19H17F3N2O3S/c1-2-18(25)23-15-7-9-16(10-8-15)28(26,27)24-11-3-4-13-5-6-14(12-17(13)24)19(20,21)22/h2,5-10,12H,1,3-4,11H2,(H,23,25). The highest BCUT2D eigenvalue weighted by molar-refractivity contribution is 7.92. The average Bonchev–Trinajstić information content (AvgIpc) is 2.66. The number of nitrogens with one attached hydrogen (secondary N) is 1. The van der Waals surface area contributed by atoms with Crippen molar-refractivity contribution < 1.29 is 26.4 Å². The van der Waals surface area contributed by atoms with Gasteiger partial charge in [0.05, 0.1) is 16.1 Å². The lowest BCUT2D eigenvalue weighted by molar-refractivity contribution is -0.137. The molecule has 28 heavy (non-hydrogen) atoms. The second-order valence-corrected chi connectivity index (χ2v) is 8.10. The molecule has 0 spiro atoms. The highest BCUT2D eigenvalue weighted by Crippen LogP contribution is 2.37. The minimum Gasteiger partial charge on any atom is -0.323 e. The number of hydrogen-bond acceptors (Lipinski definition) is 3. The largest absolute Gasteiger partial charge is 0.416 e. The number of carbonyl (C=O) groups excluding carboxylic acids is 1. The molecule has 0 saturated carbocycles. The second kappa shape index (κ2) is 7.31. The smallest absolute Gasteiger partial charge is 0.323 e. The van der Waals surface area contributed by atoms with Gasteiger partial charge in [-0.3, -0.25) is 9.10 Å². The Kier molecular flexibility index (Phi) is 5.20. The number of rotatable bonds is 4. The van der Waals surface area contributed by atoms with Crippen molar-refractivity contribution in [1.29, 1.82) is 0 Å². The van der Waals surface area contributed by atoms with Crippen LogP contribution in [0.25, 0.3) is 0 Å². The minimum atomic E-state index is -4.56. The van der Waals surface area contributed by atoms with Gasteiger partial charge in [0.25, 0.3) is 10.0 Å². The summed E-state index contributed by atoms with van der Waals surface area (Å²) in [5.74, 6) is -0.444. The first-order valence-electron chi connectivity index (χ1n) is 8.39. The number of carbonyl (C=O) groups is 1. The highest BCUT2D eigenvalue weighted by Gasteiger charge is 2.34. The van der Waals surface area contributed by atoms with E-state index < -0.39 is 27.7 Å². The number of benzene rings is 2. The van der Waals surface area contributed by atoms with E-state index in [0.717, 1.165) is 22.5 Å². The Bertz CT molecular complexity index is 1020. The van der Waals surface area contributed by atoms with E-state index in [0.29, 0.717) is 24.1 Å². The van der Waals surface area contributed by atoms with E-state index in [2.05, 4.69) is 11.9 Å². The predicted octanol–water partition coefficient (Wildman–Crippen LogP) is 3.97. The quantitative estimate of drug-likeness (QED) is 0.776. The fourth-order valence-corrected chi connectivity index (χ4v) is 4.53. The zero-order valence-corrected chi connectivity index (χ0v) is 15.5. The zero-order valence-electron chi connectivity index (χ0n) is 14.7. The molecule has 2 aromatic rings. The van der Waals surface area contributed by atoms with Crippen molar-refractivity contribution >= 4 is 27.3 Å². The van der Waals surface area contributed by atoms with Crippen LogP contribution in [0.1, 0.15) is 17.5 Å². The molecule has 9 heteroatoms. The number of hydrogen-bond donors (Lipinski definition) is 1. The lowest BCUT2D eigenvalue weighted by atomic mass is 10.0. The Morgan fingerprint density at radius 1 is 1.14 bits per heavy atom. The third kappa shape index (κ3) is 3.89. The molecule has 3 rings (SSSR count). The van der Waals surface area contributed by atoms with Gasteiger partial charge in [-0.1, -0.05) is 12.6 Å². The van der Waals surface area contributed by atoms with E-state index in [4.69, 9.17) is 0 Å². The van der Waals surface area contributed by atoms with Gasteiger partial charge < -0.3 is 5.32 Å². The van der Waals surface area contributed by atoms with Gasteiger partial charge >= 0.3 is 6.18 Å². The van der Waals surface area contributed by atoms with Crippen LogP contribution in [-0.2, 0) is 27.4 Å². The molecule has 1 aliphatic rings. The summed E-state index contributed by atoms with van der Waals surface area (Å²) in [6.45, 7) is 3.41. The van der Waals surface area contributed by atoms with E-state index in [9.17, 15) is 26.4 Å². The maximum atomic E-state index is 13.1. The Morgan fingerprint density at radius 3 is 2.43 bits per heavy atom. The van der Waals surface area contributed by atoms with Gasteiger partial charge in [0.15, 0.2) is 0 Å². The summed E-state index contributed by atoms with van der Waals surface area (Å²) >= 11 is 0. The first kappa shape index (κ1) is 19.9. The predicted molar refractivity (Wildman–Crippen MR) is 99.6 cm³/mol. The van der Waals surface area contributed by atoms with Crippen molar-refractivity contribution in [2.75, 3.05) is 16.2 Å². The molecule has 0 bridgehead atoms. The zero-order chi connectivity index (χ0) is 20.5. The summed E-state index contributed by atoms with van der Waals surface area (Å²) in [6, 6.07) is 8.59. The monoisotopic (exact) mass is 410 g/mol. The van der Waals surface area contributed by atoms with Crippen LogP contribution in [0.4, 0.5) is 24.5 Å². The summed E-state index contributed by atoms with van der Waals surface area (Å²) < 4.78 is 66.3. The molecule has 148 valence electrons. The van der Waals surface area contributed by atoms with E-state index in [-0.39, 0.29) is 17.1 Å². The highest BCUT2D eigenvalue weighted by atomic mass is 32.2. The van der Waals surface area contributed by atoms with Crippen molar-refractivity contribution in [3.63, 3.8) is 0 Å². The van der Waals surface area contributed by atoms with Gasteiger partial charge in [-0.25, -0.2) is 8.42 Å². The van der Waals surface area contributed by atoms with Gasteiger partial charge in [-0.05, 0) is 60.9 Å². The van der Waals surface area contributed by atoms with Gasteiger partial charge in [-0.2, -0.15) is 13.2 Å². The van der Waals surface area contributed by atoms with Crippen molar-refractivity contribution in [3.8, 4) is 0 Å². The molecule has 1 amide bonds. The molecule has 0 unspecified atom stereocenters. The maximum absolute atomic E-state index is 13.1. The molecule has 0 saturated heterocycles. The topological polar surface area (TPSA) is 66.5 Å². The van der Waals surface area contributed by atoms with Crippen LogP contribution in [-0.4, -0.2) is 20.9 Å². The Labute approximate surface area is 160 Å². The normalized spacial score (nSPS) is 14.3. The Morgan fingerprint density at radius 2 is 1.82 bits per heavy atom. The van der Waals surface area contributed by atoms with Crippen molar-refractivity contribution in [3.05, 3.63) is 66.2 Å². The maximum Gasteiger partial charge on any atom is 0.416 e. The van der Waals surface area contributed by atoms with Crippen molar-refractivity contribution in [2.45, 2.75) is 23.9 Å². The lowest BCUT2D eigenvalue weighted by Crippen LogP contribution is -2.35. The summed E-state index contributed by atoms with van der Waals surface area (Å²) in [4.78, 5) is 11.2. The third-order valence-corrected chi connectivity index (χ3v) is 6.21. The fourth-order valence-electron chi connectivity index (χ4n) is 3.00. The number of amides is 1. The van der Waals surface area contributed by atoms with Crippen molar-refractivity contribution in [1.82, 2.24) is 0 Å². The van der Waals surface area contributed by atoms with Crippen LogP contribution in [0.2, 0.25) is 0 Å². The van der Waals surface area contributed by atoms with E-state index in [1.165, 1.54) is 30.3 Å². The number of halogens is 3. The van der Waals surface area contributed by atoms with Gasteiger partial charge in [-0.15, -0.1) is 0 Å². The van der Waals surface area contributed by atoms with Gasteiger partial charge in [0.1, 0.15) is 0 Å². The molecule has 0 aromatic heterocycles. The number of sulfonamides is 1. The van der Waals surface area contributed by atoms with Gasteiger partial charge in [0.2, 0.25) is 5.91 Å². The molecule has 5 nitrogen and oxygen atoms in total. The molecule has 2 aromatic carbocycles. The lowest BCUT2D eigenvalue weighted by Gasteiger charge is -2.31. The molecule has 1 heterocycles. The summed E-state index contributed by atoms with van der Waals surface area (Å²) in [6.07, 6.45) is -2.47. The molecular weight excluding hydrogens is 393 g/mol. The van der Waals surface area contributed by atoms with Crippen LogP contribution in [0.5, 0.6) is 0 Å². The first-order valence-corrected chi connectivity index (χ1v) is 9.83. The number of fused-ring (bicyclic) bond motifs is 1. The van der Waals surface area contributed by atoms with Crippen LogP contribution in [0.3, 0.4) is 0 Å². The molecule has 0 atom stereocenters. The number of nitrogens with zero attached hydrogens (tertiary/aromatic N) is 1. The molecular formula is C19H17F3N2O3S. The molecule has 0 radical (unpaired) electrons. The Hall–Kier alpha value is -2.81. The van der Waals surface area contributed by atoms with E-state index in [1.54, 1.807) is 0 Å². The van der Waals surface area contributed by atoms with E-state index >= 15 is 0 Å². The van der Waals surface area contributed by atoms with Gasteiger partial charge in [0, 0.05) is 12.2 Å². The number of aryl methyl sites for hydroxylation is 1. The average molecular weight is 410 g/mol. The second-order valence-electron chi connectivity index (χ2n) is 6.24. The third-order valence-electron chi connectivity index (χ3n) is 4.38. The van der Waals surface area contributed by atoms with Crippen molar-refractivity contribution in [2.24, 2.45) is 0 Å². The summed E-state index contributed by atoms with van der Waals surface area (Å²) in [5, 5.41) is 2.50. The minimum absolute atomic E-state index is 0.0464. The molecule has 0 fully saturated rings. The first-order chi connectivity index (χ1) is 13.1. The van der Waals surface area contributed by atoms with E-state index in [1.807, 2.05) is 0 Å². The summed E-state index contributed by atoms with van der Waals surface area (Å²) in [5.41, 5.74) is 0.0842. The van der Waals surface area contributed by atoms with Crippen LogP contribution < -0.4 is 9.62 Å². The summed E-state index contributed by atoms with van der Waals surface area (Å²) in [7, 11) is -4.06. The Balaban J connectivity index is 1.97. The SMILES string of the molecule is C=CC(=O)Nc1ccc(S(=O)(=O)N2CCCc3ccc(C(F)(F)F)cc32)cc1. The van der Waals surface area contributed by atoms with Crippen LogP contribution in [0.15, 0.2) is 60.0 Å². The number of alkyl halides is 3. The molecule has 0 aliphatic carbocycles. The fraction of sp³-hybridized carbons (Fsp3) is 0.211.